The van der Waals surface area contributed by atoms with Gasteiger partial charge in [0.05, 0.1) is 18.4 Å². The molecule has 1 aromatic rings. The van der Waals surface area contributed by atoms with Crippen LogP contribution in [0, 0.1) is 0 Å². The predicted octanol–water partition coefficient (Wildman–Crippen LogP) is 2.63. The molecular weight excluding hydrogens is 228 g/mol. The van der Waals surface area contributed by atoms with E-state index in [0.29, 0.717) is 24.6 Å². The van der Waals surface area contributed by atoms with Gasteiger partial charge in [0.25, 0.3) is 0 Å². The van der Waals surface area contributed by atoms with Crippen LogP contribution in [0.4, 0.5) is 11.4 Å². The molecule has 0 aliphatic carbocycles. The van der Waals surface area contributed by atoms with Crippen molar-refractivity contribution >= 4 is 11.4 Å². The van der Waals surface area contributed by atoms with Crippen molar-refractivity contribution in [2.75, 3.05) is 24.2 Å². The SMILES string of the molecule is CCCOc1cc(NCC(O)CCC)ccc1N. The van der Waals surface area contributed by atoms with Crippen molar-refractivity contribution in [2.45, 2.75) is 39.2 Å². The van der Waals surface area contributed by atoms with Gasteiger partial charge in [-0.1, -0.05) is 20.3 Å². The molecule has 4 nitrogen and oxygen atoms in total. The minimum Gasteiger partial charge on any atom is -0.491 e. The third kappa shape index (κ3) is 4.84. The van der Waals surface area contributed by atoms with Gasteiger partial charge in [-0.3, -0.25) is 0 Å². The van der Waals surface area contributed by atoms with Crippen molar-refractivity contribution in [3.8, 4) is 5.75 Å². The molecule has 0 aromatic heterocycles. The molecule has 18 heavy (non-hydrogen) atoms. The molecule has 0 bridgehead atoms. The van der Waals surface area contributed by atoms with Crippen molar-refractivity contribution in [2.24, 2.45) is 0 Å². The Bertz CT molecular complexity index is 356. The van der Waals surface area contributed by atoms with Crippen molar-refractivity contribution in [1.82, 2.24) is 0 Å². The second kappa shape index (κ2) is 7.82. The molecule has 0 heterocycles. The van der Waals surface area contributed by atoms with E-state index in [0.717, 1.165) is 24.9 Å². The fourth-order valence-corrected chi connectivity index (χ4v) is 1.65. The fraction of sp³-hybridized carbons (Fsp3) is 0.571. The summed E-state index contributed by atoms with van der Waals surface area (Å²) < 4.78 is 5.55. The van der Waals surface area contributed by atoms with E-state index in [9.17, 15) is 5.11 Å². The van der Waals surface area contributed by atoms with E-state index in [-0.39, 0.29) is 6.10 Å². The van der Waals surface area contributed by atoms with Crippen molar-refractivity contribution in [3.05, 3.63) is 18.2 Å². The molecule has 1 atom stereocenters. The number of anilines is 2. The summed E-state index contributed by atoms with van der Waals surface area (Å²) in [5.41, 5.74) is 7.40. The smallest absolute Gasteiger partial charge is 0.144 e. The van der Waals surface area contributed by atoms with Crippen LogP contribution in [0.15, 0.2) is 18.2 Å². The Hall–Kier alpha value is -1.42. The first-order valence-corrected chi connectivity index (χ1v) is 6.61. The Balaban J connectivity index is 2.55. The molecule has 4 N–H and O–H groups in total. The number of hydrogen-bond donors (Lipinski definition) is 3. The molecule has 4 heteroatoms. The van der Waals surface area contributed by atoms with Crippen molar-refractivity contribution in [3.63, 3.8) is 0 Å². The average Bonchev–Trinajstić information content (AvgIpc) is 2.36. The number of nitrogen functional groups attached to an aromatic ring is 1. The summed E-state index contributed by atoms with van der Waals surface area (Å²) in [6, 6.07) is 5.59. The zero-order valence-corrected chi connectivity index (χ0v) is 11.3. The maximum atomic E-state index is 9.66. The molecule has 0 amide bonds. The van der Waals surface area contributed by atoms with Crippen molar-refractivity contribution in [1.29, 1.82) is 0 Å². The van der Waals surface area contributed by atoms with Gasteiger partial charge in [0.15, 0.2) is 0 Å². The number of nitrogens with two attached hydrogens (primary N) is 1. The summed E-state index contributed by atoms with van der Waals surface area (Å²) in [4.78, 5) is 0. The van der Waals surface area contributed by atoms with Crippen LogP contribution in [0.25, 0.3) is 0 Å². The Morgan fingerprint density at radius 2 is 2.11 bits per heavy atom. The van der Waals surface area contributed by atoms with Gasteiger partial charge in [-0.15, -0.1) is 0 Å². The maximum Gasteiger partial charge on any atom is 0.144 e. The minimum atomic E-state index is -0.312. The largest absolute Gasteiger partial charge is 0.491 e. The third-order valence-electron chi connectivity index (χ3n) is 2.64. The highest BCUT2D eigenvalue weighted by molar-refractivity contribution is 5.61. The molecule has 0 radical (unpaired) electrons. The van der Waals surface area contributed by atoms with Crippen LogP contribution < -0.4 is 15.8 Å². The van der Waals surface area contributed by atoms with Crippen LogP contribution in [0.2, 0.25) is 0 Å². The van der Waals surface area contributed by atoms with Gasteiger partial charge in [-0.05, 0) is 25.0 Å². The van der Waals surface area contributed by atoms with E-state index in [1.165, 1.54) is 0 Å². The number of rotatable bonds is 8. The molecule has 0 aliphatic rings. The summed E-state index contributed by atoms with van der Waals surface area (Å²) >= 11 is 0. The third-order valence-corrected chi connectivity index (χ3v) is 2.64. The Kier molecular flexibility index (Phi) is 6.36. The molecule has 0 aliphatic heterocycles. The Labute approximate surface area is 109 Å². The first-order chi connectivity index (χ1) is 8.67. The summed E-state index contributed by atoms with van der Waals surface area (Å²) in [5, 5.41) is 12.8. The fourth-order valence-electron chi connectivity index (χ4n) is 1.65. The van der Waals surface area contributed by atoms with Crippen LogP contribution in [-0.2, 0) is 0 Å². The van der Waals surface area contributed by atoms with E-state index in [2.05, 4.69) is 19.2 Å². The normalized spacial score (nSPS) is 12.2. The van der Waals surface area contributed by atoms with Gasteiger partial charge in [0.1, 0.15) is 5.75 Å². The standard InChI is InChI=1S/C14H24N2O2/c1-3-5-12(17)10-16-11-6-7-13(15)14(9-11)18-8-4-2/h6-7,9,12,16-17H,3-5,8,10,15H2,1-2H3. The van der Waals surface area contributed by atoms with Gasteiger partial charge >= 0.3 is 0 Å². The van der Waals surface area contributed by atoms with E-state index in [4.69, 9.17) is 10.5 Å². The predicted molar refractivity (Wildman–Crippen MR) is 76.0 cm³/mol. The van der Waals surface area contributed by atoms with Crippen molar-refractivity contribution < 1.29 is 9.84 Å². The lowest BCUT2D eigenvalue weighted by Crippen LogP contribution is -2.19. The number of aliphatic hydroxyl groups excluding tert-OH is 1. The topological polar surface area (TPSA) is 67.5 Å². The molecular formula is C14H24N2O2. The van der Waals surface area contributed by atoms with E-state index < -0.39 is 0 Å². The number of hydrogen-bond acceptors (Lipinski definition) is 4. The van der Waals surface area contributed by atoms with Gasteiger partial charge in [0, 0.05) is 18.3 Å². The summed E-state index contributed by atoms with van der Waals surface area (Å²) in [6.07, 6.45) is 2.43. The molecule has 0 fully saturated rings. The summed E-state index contributed by atoms with van der Waals surface area (Å²) in [6.45, 7) is 5.32. The van der Waals surface area contributed by atoms with E-state index in [1.807, 2.05) is 18.2 Å². The lowest BCUT2D eigenvalue weighted by Gasteiger charge is -2.14. The summed E-state index contributed by atoms with van der Waals surface area (Å²) in [5.74, 6) is 0.701. The number of ether oxygens (including phenoxy) is 1. The molecule has 1 unspecified atom stereocenters. The first-order valence-electron chi connectivity index (χ1n) is 6.61. The number of benzene rings is 1. The van der Waals surface area contributed by atoms with Gasteiger partial charge in [-0.25, -0.2) is 0 Å². The van der Waals surface area contributed by atoms with Gasteiger partial charge < -0.3 is 20.9 Å². The maximum absolute atomic E-state index is 9.66. The van der Waals surface area contributed by atoms with Crippen LogP contribution in [0.5, 0.6) is 5.75 Å². The van der Waals surface area contributed by atoms with Crippen LogP contribution in [-0.4, -0.2) is 24.4 Å². The van der Waals surface area contributed by atoms with E-state index in [1.54, 1.807) is 0 Å². The molecule has 0 saturated carbocycles. The highest BCUT2D eigenvalue weighted by Crippen LogP contribution is 2.25. The second-order valence-corrected chi connectivity index (χ2v) is 4.42. The minimum absolute atomic E-state index is 0.312. The average molecular weight is 252 g/mol. The lowest BCUT2D eigenvalue weighted by molar-refractivity contribution is 0.176. The number of nitrogens with one attached hydrogen (secondary N) is 1. The Morgan fingerprint density at radius 3 is 2.78 bits per heavy atom. The zero-order valence-electron chi connectivity index (χ0n) is 11.3. The molecule has 0 spiro atoms. The summed E-state index contributed by atoms with van der Waals surface area (Å²) in [7, 11) is 0. The van der Waals surface area contributed by atoms with Crippen LogP contribution >= 0.6 is 0 Å². The van der Waals surface area contributed by atoms with Gasteiger partial charge in [0.2, 0.25) is 0 Å². The van der Waals surface area contributed by atoms with E-state index >= 15 is 0 Å². The molecule has 102 valence electrons. The highest BCUT2D eigenvalue weighted by Gasteiger charge is 2.05. The monoisotopic (exact) mass is 252 g/mol. The van der Waals surface area contributed by atoms with Crippen LogP contribution in [0.1, 0.15) is 33.1 Å². The molecule has 0 saturated heterocycles. The van der Waals surface area contributed by atoms with Gasteiger partial charge in [-0.2, -0.15) is 0 Å². The molecule has 1 rings (SSSR count). The Morgan fingerprint density at radius 1 is 1.33 bits per heavy atom. The quantitative estimate of drug-likeness (QED) is 0.622. The highest BCUT2D eigenvalue weighted by atomic mass is 16.5. The molecule has 1 aromatic carbocycles. The second-order valence-electron chi connectivity index (χ2n) is 4.42. The first kappa shape index (κ1) is 14.6. The lowest BCUT2D eigenvalue weighted by atomic mass is 10.2. The van der Waals surface area contributed by atoms with Crippen LogP contribution in [0.3, 0.4) is 0 Å². The number of aliphatic hydroxyl groups is 1. The zero-order chi connectivity index (χ0) is 13.4.